The second-order valence-corrected chi connectivity index (χ2v) is 5.79. The van der Waals surface area contributed by atoms with Gasteiger partial charge in [0.2, 0.25) is 5.75 Å². The van der Waals surface area contributed by atoms with E-state index in [1.165, 1.54) is 39.1 Å². The Morgan fingerprint density at radius 1 is 1.09 bits per heavy atom. The van der Waals surface area contributed by atoms with E-state index in [4.69, 9.17) is 18.9 Å². The van der Waals surface area contributed by atoms with Gasteiger partial charge in [-0.25, -0.2) is 4.79 Å². The minimum atomic E-state index is -0.379. The first-order valence-corrected chi connectivity index (χ1v) is 7.93. The molecule has 1 aliphatic rings. The zero-order valence-corrected chi connectivity index (χ0v) is 14.3. The molecule has 2 rings (SSSR count). The molecule has 0 unspecified atom stereocenters. The average Bonchev–Trinajstić information content (AvgIpc) is 3.05. The molecule has 1 heterocycles. The van der Waals surface area contributed by atoms with Gasteiger partial charge in [0.15, 0.2) is 11.5 Å². The van der Waals surface area contributed by atoms with Crippen molar-refractivity contribution in [2.45, 2.75) is 25.9 Å². The number of rotatable bonds is 7. The lowest BCUT2D eigenvalue weighted by atomic mass is 10.2. The summed E-state index contributed by atoms with van der Waals surface area (Å²) in [5.41, 5.74) is 0.391. The van der Waals surface area contributed by atoms with E-state index in [0.717, 1.165) is 19.6 Å². The van der Waals surface area contributed by atoms with Crippen molar-refractivity contribution in [3.63, 3.8) is 0 Å². The highest BCUT2D eigenvalue weighted by atomic mass is 16.5. The lowest BCUT2D eigenvalue weighted by molar-refractivity contribution is -0.890. The van der Waals surface area contributed by atoms with Crippen LogP contribution in [0.3, 0.4) is 0 Å². The first-order chi connectivity index (χ1) is 11.1. The van der Waals surface area contributed by atoms with E-state index in [-0.39, 0.29) is 12.1 Å². The fourth-order valence-corrected chi connectivity index (χ4v) is 2.98. The molecule has 1 atom stereocenters. The van der Waals surface area contributed by atoms with Crippen LogP contribution in [0.4, 0.5) is 0 Å². The van der Waals surface area contributed by atoms with Crippen molar-refractivity contribution >= 4 is 5.97 Å². The molecule has 0 amide bonds. The Morgan fingerprint density at radius 2 is 1.65 bits per heavy atom. The predicted molar refractivity (Wildman–Crippen MR) is 85.8 cm³/mol. The maximum atomic E-state index is 12.4. The smallest absolute Gasteiger partial charge is 0.338 e. The van der Waals surface area contributed by atoms with Gasteiger partial charge in [-0.05, 0) is 19.1 Å². The monoisotopic (exact) mass is 324 g/mol. The number of ether oxygens (including phenoxy) is 4. The zero-order chi connectivity index (χ0) is 16.8. The topological polar surface area (TPSA) is 58.4 Å². The van der Waals surface area contributed by atoms with E-state index in [0.29, 0.717) is 22.8 Å². The number of quaternary nitrogens is 1. The van der Waals surface area contributed by atoms with Gasteiger partial charge in [0.25, 0.3) is 0 Å². The molecule has 0 radical (unpaired) electrons. The molecule has 0 bridgehead atoms. The van der Waals surface area contributed by atoms with Gasteiger partial charge in [-0.15, -0.1) is 0 Å². The van der Waals surface area contributed by atoms with Crippen LogP contribution in [-0.4, -0.2) is 53.0 Å². The SMILES string of the molecule is COc1cc(C(=O)O[C@H](C)C[NH+]2CCCC2)cc(OC)c1OC. The standard InChI is InChI=1S/C17H25NO5/c1-12(11-18-7-5-6-8-18)23-17(19)13-9-14(20-2)16(22-4)15(10-13)21-3/h9-10,12H,5-8,11H2,1-4H3/p+1/t12-/m1/s1. The summed E-state index contributed by atoms with van der Waals surface area (Å²) < 4.78 is 21.3. The highest BCUT2D eigenvalue weighted by Gasteiger charge is 2.23. The number of hydrogen-bond donors (Lipinski definition) is 1. The molecule has 0 aromatic heterocycles. The molecule has 23 heavy (non-hydrogen) atoms. The molecular formula is C17H26NO5+. The van der Waals surface area contributed by atoms with E-state index in [1.54, 1.807) is 12.1 Å². The van der Waals surface area contributed by atoms with Crippen LogP contribution >= 0.6 is 0 Å². The number of carbonyl (C=O) groups is 1. The van der Waals surface area contributed by atoms with Crippen LogP contribution in [0.1, 0.15) is 30.1 Å². The Labute approximate surface area is 137 Å². The molecule has 1 aromatic carbocycles. The lowest BCUT2D eigenvalue weighted by Gasteiger charge is -2.19. The summed E-state index contributed by atoms with van der Waals surface area (Å²) in [5.74, 6) is 0.963. The minimum Gasteiger partial charge on any atom is -0.493 e. The van der Waals surface area contributed by atoms with Crippen molar-refractivity contribution in [1.29, 1.82) is 0 Å². The summed E-state index contributed by atoms with van der Waals surface area (Å²) in [5, 5.41) is 0. The first-order valence-electron chi connectivity index (χ1n) is 7.93. The van der Waals surface area contributed by atoms with Crippen molar-refractivity contribution < 1.29 is 28.6 Å². The largest absolute Gasteiger partial charge is 0.493 e. The number of esters is 1. The third kappa shape index (κ3) is 4.28. The Morgan fingerprint density at radius 3 is 2.13 bits per heavy atom. The molecule has 1 aliphatic heterocycles. The van der Waals surface area contributed by atoms with Gasteiger partial charge in [-0.3, -0.25) is 0 Å². The van der Waals surface area contributed by atoms with Gasteiger partial charge in [-0.1, -0.05) is 0 Å². The molecule has 6 nitrogen and oxygen atoms in total. The van der Waals surface area contributed by atoms with Crippen LogP contribution < -0.4 is 19.1 Å². The highest BCUT2D eigenvalue weighted by Crippen LogP contribution is 2.38. The molecule has 1 N–H and O–H groups in total. The summed E-state index contributed by atoms with van der Waals surface area (Å²) in [7, 11) is 4.57. The Balaban J connectivity index is 2.08. The van der Waals surface area contributed by atoms with Gasteiger partial charge in [0.1, 0.15) is 12.6 Å². The molecule has 0 aliphatic carbocycles. The van der Waals surface area contributed by atoms with Crippen LogP contribution in [-0.2, 0) is 4.74 Å². The van der Waals surface area contributed by atoms with Crippen LogP contribution in [0, 0.1) is 0 Å². The maximum absolute atomic E-state index is 12.4. The predicted octanol–water partition coefficient (Wildman–Crippen LogP) is 0.936. The molecule has 1 fully saturated rings. The molecule has 6 heteroatoms. The summed E-state index contributed by atoms with van der Waals surface area (Å²) in [6.07, 6.45) is 2.38. The second-order valence-electron chi connectivity index (χ2n) is 5.79. The molecule has 128 valence electrons. The third-order valence-corrected chi connectivity index (χ3v) is 4.10. The van der Waals surface area contributed by atoms with Crippen molar-refractivity contribution in [3.05, 3.63) is 17.7 Å². The number of nitrogens with one attached hydrogen (secondary N) is 1. The minimum absolute atomic E-state index is 0.130. The highest BCUT2D eigenvalue weighted by molar-refractivity contribution is 5.91. The lowest BCUT2D eigenvalue weighted by Crippen LogP contribution is -3.11. The van der Waals surface area contributed by atoms with Crippen molar-refractivity contribution in [3.8, 4) is 17.2 Å². The molecule has 1 saturated heterocycles. The Kier molecular flexibility index (Phi) is 6.10. The van der Waals surface area contributed by atoms with Crippen molar-refractivity contribution in [2.75, 3.05) is 41.0 Å². The van der Waals surface area contributed by atoms with E-state index >= 15 is 0 Å². The van der Waals surface area contributed by atoms with Gasteiger partial charge in [0, 0.05) is 12.8 Å². The number of hydrogen-bond acceptors (Lipinski definition) is 5. The van der Waals surface area contributed by atoms with Gasteiger partial charge in [-0.2, -0.15) is 0 Å². The quantitative estimate of drug-likeness (QED) is 0.757. The molecule has 0 spiro atoms. The van der Waals surface area contributed by atoms with Crippen LogP contribution in [0.2, 0.25) is 0 Å². The van der Waals surface area contributed by atoms with Crippen LogP contribution in [0.5, 0.6) is 17.2 Å². The number of methoxy groups -OCH3 is 3. The van der Waals surface area contributed by atoms with Crippen molar-refractivity contribution in [1.82, 2.24) is 0 Å². The van der Waals surface area contributed by atoms with Gasteiger partial charge < -0.3 is 23.8 Å². The van der Waals surface area contributed by atoms with Gasteiger partial charge in [0.05, 0.1) is 40.0 Å². The van der Waals surface area contributed by atoms with E-state index in [9.17, 15) is 4.79 Å². The van der Waals surface area contributed by atoms with E-state index < -0.39 is 0 Å². The normalized spacial score (nSPS) is 16.0. The molecule has 1 aromatic rings. The summed E-state index contributed by atoms with van der Waals surface area (Å²) in [6, 6.07) is 3.22. The van der Waals surface area contributed by atoms with Crippen LogP contribution in [0.15, 0.2) is 12.1 Å². The fraction of sp³-hybridized carbons (Fsp3) is 0.588. The first kappa shape index (κ1) is 17.4. The van der Waals surface area contributed by atoms with E-state index in [1.807, 2.05) is 6.92 Å². The van der Waals surface area contributed by atoms with E-state index in [2.05, 4.69) is 0 Å². The number of likely N-dealkylation sites (tertiary alicyclic amines) is 1. The Bertz CT molecular complexity index is 515. The molecule has 0 saturated carbocycles. The summed E-state index contributed by atoms with van der Waals surface area (Å²) in [6.45, 7) is 5.09. The number of carbonyl (C=O) groups excluding carboxylic acids is 1. The molecular weight excluding hydrogens is 298 g/mol. The summed E-state index contributed by atoms with van der Waals surface area (Å²) in [4.78, 5) is 13.9. The Hall–Kier alpha value is -1.95. The third-order valence-electron chi connectivity index (χ3n) is 4.10. The fourth-order valence-electron chi connectivity index (χ4n) is 2.98. The zero-order valence-electron chi connectivity index (χ0n) is 14.3. The van der Waals surface area contributed by atoms with Gasteiger partial charge >= 0.3 is 5.97 Å². The summed E-state index contributed by atoms with van der Waals surface area (Å²) >= 11 is 0. The maximum Gasteiger partial charge on any atom is 0.338 e. The second kappa shape index (κ2) is 8.06. The number of benzene rings is 1. The van der Waals surface area contributed by atoms with Crippen molar-refractivity contribution in [2.24, 2.45) is 0 Å². The van der Waals surface area contributed by atoms with Crippen LogP contribution in [0.25, 0.3) is 0 Å². The average molecular weight is 324 g/mol.